The van der Waals surface area contributed by atoms with Crippen LogP contribution in [0.3, 0.4) is 0 Å². The third kappa shape index (κ3) is 44.7. The van der Waals surface area contributed by atoms with Crippen LogP contribution in [0, 0.1) is 0 Å². The number of carboxylic acid groups (broad SMARTS) is 1. The predicted molar refractivity (Wildman–Crippen MR) is 124 cm³/mol. The van der Waals surface area contributed by atoms with E-state index in [0.717, 1.165) is 19.4 Å². The Bertz CT molecular complexity index is 252. The van der Waals surface area contributed by atoms with E-state index in [0.29, 0.717) is 6.42 Å². The van der Waals surface area contributed by atoms with Crippen molar-refractivity contribution in [1.29, 1.82) is 0 Å². The SMILES string of the molecule is CCCCCCCCCCCC(=O)O.CCCCCCCCCCN.CCO. The van der Waals surface area contributed by atoms with Gasteiger partial charge in [-0.2, -0.15) is 0 Å². The minimum Gasteiger partial charge on any atom is -0.481 e. The smallest absolute Gasteiger partial charge is 0.303 e. The summed E-state index contributed by atoms with van der Waals surface area (Å²) in [5.74, 6) is -0.659. The van der Waals surface area contributed by atoms with E-state index in [1.807, 2.05) is 0 Å². The van der Waals surface area contributed by atoms with Gasteiger partial charge in [-0.05, 0) is 26.3 Å². The third-order valence-electron chi connectivity index (χ3n) is 4.55. The second-order valence-electron chi connectivity index (χ2n) is 7.55. The van der Waals surface area contributed by atoms with E-state index in [2.05, 4.69) is 13.8 Å². The number of hydrogen-bond acceptors (Lipinski definition) is 3. The number of aliphatic hydroxyl groups is 1. The standard InChI is InChI=1S/C12H24O2.C10H23N.C2H6O/c1-2-3-4-5-6-7-8-9-10-11-12(13)14;1-2-3-4-5-6-7-8-9-10-11;1-2-3/h2-11H2,1H3,(H,13,14);2-11H2,1H3;3H,2H2,1H3. The van der Waals surface area contributed by atoms with Crippen molar-refractivity contribution >= 4 is 5.97 Å². The van der Waals surface area contributed by atoms with Crippen molar-refractivity contribution in [2.75, 3.05) is 13.2 Å². The zero-order chi connectivity index (χ0) is 21.7. The average molecular weight is 404 g/mol. The molecule has 0 aromatic rings. The number of hydrogen-bond donors (Lipinski definition) is 3. The second kappa shape index (κ2) is 33.9. The molecular weight excluding hydrogens is 350 g/mol. The maximum absolute atomic E-state index is 10.2. The molecule has 0 amide bonds. The zero-order valence-corrected chi connectivity index (χ0v) is 19.5. The van der Waals surface area contributed by atoms with Crippen molar-refractivity contribution in [1.82, 2.24) is 0 Å². The van der Waals surface area contributed by atoms with Crippen LogP contribution >= 0.6 is 0 Å². The van der Waals surface area contributed by atoms with Crippen LogP contribution in [0.5, 0.6) is 0 Å². The Labute approximate surface area is 176 Å². The maximum atomic E-state index is 10.2. The molecule has 4 nitrogen and oxygen atoms in total. The molecule has 4 heteroatoms. The molecule has 0 bridgehead atoms. The predicted octanol–water partition coefficient (Wildman–Crippen LogP) is 7.08. The van der Waals surface area contributed by atoms with Gasteiger partial charge < -0.3 is 15.9 Å². The van der Waals surface area contributed by atoms with E-state index in [-0.39, 0.29) is 6.61 Å². The summed E-state index contributed by atoms with van der Waals surface area (Å²) >= 11 is 0. The molecule has 0 rings (SSSR count). The topological polar surface area (TPSA) is 83.5 Å². The molecule has 0 aliphatic carbocycles. The van der Waals surface area contributed by atoms with Gasteiger partial charge in [-0.1, -0.05) is 110 Å². The third-order valence-corrected chi connectivity index (χ3v) is 4.55. The number of carboxylic acids is 1. The van der Waals surface area contributed by atoms with Crippen molar-refractivity contribution in [2.45, 2.75) is 136 Å². The van der Waals surface area contributed by atoms with Crippen molar-refractivity contribution in [3.63, 3.8) is 0 Å². The van der Waals surface area contributed by atoms with Gasteiger partial charge in [-0.3, -0.25) is 4.79 Å². The first-order valence-electron chi connectivity index (χ1n) is 12.1. The van der Waals surface area contributed by atoms with Crippen LogP contribution in [0.25, 0.3) is 0 Å². The first-order valence-corrected chi connectivity index (χ1v) is 12.1. The fourth-order valence-corrected chi connectivity index (χ4v) is 2.87. The van der Waals surface area contributed by atoms with Crippen LogP contribution < -0.4 is 5.73 Å². The molecule has 0 fully saturated rings. The minimum atomic E-state index is -0.659. The lowest BCUT2D eigenvalue weighted by Crippen LogP contribution is -1.97. The number of carbonyl (C=O) groups is 1. The van der Waals surface area contributed by atoms with E-state index in [9.17, 15) is 4.79 Å². The normalized spacial score (nSPS) is 9.89. The monoisotopic (exact) mass is 403 g/mol. The molecule has 0 aliphatic rings. The molecule has 0 radical (unpaired) electrons. The minimum absolute atomic E-state index is 0.250. The molecule has 0 spiro atoms. The van der Waals surface area contributed by atoms with Crippen LogP contribution in [0.4, 0.5) is 0 Å². The summed E-state index contributed by atoms with van der Waals surface area (Å²) in [6, 6.07) is 0. The molecule has 0 saturated carbocycles. The van der Waals surface area contributed by atoms with E-state index in [1.54, 1.807) is 6.92 Å². The largest absolute Gasteiger partial charge is 0.481 e. The summed E-state index contributed by atoms with van der Waals surface area (Å²) < 4.78 is 0. The molecule has 172 valence electrons. The average Bonchev–Trinajstić information content (AvgIpc) is 2.67. The molecule has 28 heavy (non-hydrogen) atoms. The van der Waals surface area contributed by atoms with Gasteiger partial charge in [0, 0.05) is 13.0 Å². The summed E-state index contributed by atoms with van der Waals surface area (Å²) in [6.07, 6.45) is 22.5. The lowest BCUT2D eigenvalue weighted by Gasteiger charge is -2.00. The molecule has 0 saturated heterocycles. The van der Waals surface area contributed by atoms with Gasteiger partial charge in [-0.25, -0.2) is 0 Å². The zero-order valence-electron chi connectivity index (χ0n) is 19.5. The van der Waals surface area contributed by atoms with E-state index in [4.69, 9.17) is 15.9 Å². The molecular formula is C24H53NO3. The van der Waals surface area contributed by atoms with Crippen molar-refractivity contribution in [3.8, 4) is 0 Å². The highest BCUT2D eigenvalue weighted by Gasteiger charge is 1.96. The molecule has 0 heterocycles. The number of aliphatic hydroxyl groups excluding tert-OH is 1. The summed E-state index contributed by atoms with van der Waals surface area (Å²) in [7, 11) is 0. The number of aliphatic carboxylic acids is 1. The molecule has 4 N–H and O–H groups in total. The first-order chi connectivity index (χ1) is 13.6. The van der Waals surface area contributed by atoms with Gasteiger partial charge >= 0.3 is 5.97 Å². The number of unbranched alkanes of at least 4 members (excludes halogenated alkanes) is 15. The van der Waals surface area contributed by atoms with Crippen LogP contribution in [0.1, 0.15) is 136 Å². The van der Waals surface area contributed by atoms with Gasteiger partial charge in [0.25, 0.3) is 0 Å². The summed E-state index contributed by atoms with van der Waals surface area (Å²) in [5.41, 5.74) is 5.39. The quantitative estimate of drug-likeness (QED) is 0.214. The van der Waals surface area contributed by atoms with Crippen molar-refractivity contribution < 1.29 is 15.0 Å². The van der Waals surface area contributed by atoms with Crippen LogP contribution in [0.2, 0.25) is 0 Å². The van der Waals surface area contributed by atoms with Crippen LogP contribution in [-0.4, -0.2) is 29.3 Å². The highest BCUT2D eigenvalue weighted by atomic mass is 16.4. The fraction of sp³-hybridized carbons (Fsp3) is 0.958. The lowest BCUT2D eigenvalue weighted by atomic mass is 10.1. The van der Waals surface area contributed by atoms with Gasteiger partial charge in [0.2, 0.25) is 0 Å². The highest BCUT2D eigenvalue weighted by molar-refractivity contribution is 5.66. The van der Waals surface area contributed by atoms with Gasteiger partial charge in [-0.15, -0.1) is 0 Å². The Kier molecular flexibility index (Phi) is 38.9. The van der Waals surface area contributed by atoms with Crippen LogP contribution in [0.15, 0.2) is 0 Å². The fourth-order valence-electron chi connectivity index (χ4n) is 2.87. The van der Waals surface area contributed by atoms with E-state index >= 15 is 0 Å². The summed E-state index contributed by atoms with van der Waals surface area (Å²) in [4.78, 5) is 10.2. The van der Waals surface area contributed by atoms with Crippen molar-refractivity contribution in [2.24, 2.45) is 5.73 Å². The van der Waals surface area contributed by atoms with Crippen molar-refractivity contribution in [3.05, 3.63) is 0 Å². The maximum Gasteiger partial charge on any atom is 0.303 e. The Morgan fingerprint density at radius 1 is 0.607 bits per heavy atom. The number of nitrogens with two attached hydrogens (primary N) is 1. The first kappa shape index (κ1) is 32.1. The van der Waals surface area contributed by atoms with E-state index in [1.165, 1.54) is 96.3 Å². The van der Waals surface area contributed by atoms with Gasteiger partial charge in [0.05, 0.1) is 0 Å². The van der Waals surface area contributed by atoms with Gasteiger partial charge in [0.15, 0.2) is 0 Å². The summed E-state index contributed by atoms with van der Waals surface area (Å²) in [5, 5.41) is 16.0. The molecule has 0 aromatic carbocycles. The Morgan fingerprint density at radius 2 is 0.893 bits per heavy atom. The highest BCUT2D eigenvalue weighted by Crippen LogP contribution is 2.10. The molecule has 0 aromatic heterocycles. The Morgan fingerprint density at radius 3 is 1.18 bits per heavy atom. The van der Waals surface area contributed by atoms with E-state index < -0.39 is 5.97 Å². The molecule has 0 atom stereocenters. The molecule has 0 aliphatic heterocycles. The number of rotatable bonds is 18. The van der Waals surface area contributed by atoms with Crippen LogP contribution in [-0.2, 0) is 4.79 Å². The Hall–Kier alpha value is -0.610. The molecule has 0 unspecified atom stereocenters. The van der Waals surface area contributed by atoms with Gasteiger partial charge in [0.1, 0.15) is 0 Å². The lowest BCUT2D eigenvalue weighted by molar-refractivity contribution is -0.137. The Balaban J connectivity index is -0.000000399. The second-order valence-corrected chi connectivity index (χ2v) is 7.55. The summed E-state index contributed by atoms with van der Waals surface area (Å²) in [6.45, 7) is 7.29.